The van der Waals surface area contributed by atoms with Crippen LogP contribution in [-0.4, -0.2) is 380 Å². The summed E-state index contributed by atoms with van der Waals surface area (Å²) in [7, 11) is 3.46. The van der Waals surface area contributed by atoms with Gasteiger partial charge in [0.25, 0.3) is 7.47 Å². The molecule has 7 aliphatic heterocycles. The fraction of sp³-hybridized carbons (Fsp3) is 1.00. The number of ether oxygens (including phenoxy) is 8. The number of hydrogen-bond acceptors (Lipinski definition) is 35. The van der Waals surface area contributed by atoms with Crippen molar-refractivity contribution in [1.29, 1.82) is 0 Å². The van der Waals surface area contributed by atoms with Crippen molar-refractivity contribution in [2.45, 2.75) is 183 Å². The van der Waals surface area contributed by atoms with E-state index in [0.717, 1.165) is 6.66 Å². The van der Waals surface area contributed by atoms with Crippen molar-refractivity contribution in [1.82, 2.24) is 0 Å². The second-order valence-electron chi connectivity index (χ2n) is 24.8. The fourth-order valence-electron chi connectivity index (χ4n) is 9.42. The van der Waals surface area contributed by atoms with E-state index in [0.29, 0.717) is 0 Å². The van der Waals surface area contributed by atoms with Gasteiger partial charge >= 0.3 is 167 Å². The zero-order chi connectivity index (χ0) is 86.8. The summed E-state index contributed by atoms with van der Waals surface area (Å²) < 4.78 is 179. The number of aliphatic hydroxyl groups is 7. The van der Waals surface area contributed by atoms with Crippen LogP contribution in [-0.2, 0) is 124 Å². The van der Waals surface area contributed by atoms with Crippen LogP contribution in [0.5, 0.6) is 0 Å². The Morgan fingerprint density at radius 1 is 0.304 bits per heavy atom. The summed E-state index contributed by atoms with van der Waals surface area (Å²) in [4.78, 5) is 128. The molecule has 0 bridgehead atoms. The smallest absolute Gasteiger partial charge is 0.390 e. The molecule has 0 aromatic rings. The molecule has 7 aliphatic rings. The maximum absolute atomic E-state index is 11.6. The number of methoxy groups -OCH3 is 1. The van der Waals surface area contributed by atoms with Crippen LogP contribution >= 0.6 is 76.0 Å². The molecular formula is C44H92B8O49P10Se. The van der Waals surface area contributed by atoms with E-state index in [4.69, 9.17) is 178 Å². The Balaban J connectivity index is 0.00000129. The molecule has 7 rings (SSSR count). The first-order chi connectivity index (χ1) is 49.8. The Bertz CT molecular complexity index is 3020. The number of aliphatic hydroxyl groups excluding tert-OH is 7. The molecule has 0 amide bonds. The van der Waals surface area contributed by atoms with Crippen LogP contribution in [0.15, 0.2) is 0 Å². The van der Waals surface area contributed by atoms with Gasteiger partial charge in [-0.15, -0.1) is 0 Å². The molecule has 0 saturated carbocycles. The Morgan fingerprint density at radius 2 is 0.500 bits per heavy atom. The molecule has 16 radical (unpaired) electrons. The van der Waals surface area contributed by atoms with Crippen molar-refractivity contribution in [2.75, 3.05) is 60.0 Å². The molecule has 0 aromatic carbocycles. The van der Waals surface area contributed by atoms with Gasteiger partial charge in [-0.3, -0.25) is 27.2 Å². The molecule has 68 heteroatoms. The van der Waals surface area contributed by atoms with Crippen molar-refractivity contribution in [3.8, 4) is 0 Å². The summed E-state index contributed by atoms with van der Waals surface area (Å²) in [6.45, 7) is 8.30. The van der Waals surface area contributed by atoms with Crippen LogP contribution in [0.1, 0.15) is 49.0 Å². The summed E-state index contributed by atoms with van der Waals surface area (Å²) >= 11 is 2.03. The quantitative estimate of drug-likeness (QED) is 0.0256. The molecule has 0 spiro atoms. The first-order valence-corrected chi connectivity index (χ1v) is 49.4. The molecule has 112 heavy (non-hydrogen) atoms. The molecule has 642 valence electrons. The predicted molar refractivity (Wildman–Crippen MR) is 386 cm³/mol. The summed E-state index contributed by atoms with van der Waals surface area (Å²) in [6.07, 6.45) is -16.7. The molecule has 49 nitrogen and oxygen atoms in total. The van der Waals surface area contributed by atoms with E-state index in [1.165, 1.54) is 7.11 Å². The number of phosphoric ester groups is 4. The van der Waals surface area contributed by atoms with Gasteiger partial charge in [-0.2, -0.15) is 0 Å². The second-order valence-corrected chi connectivity index (χ2v) is 41.9. The van der Waals surface area contributed by atoms with E-state index in [1.54, 1.807) is 41.5 Å². The maximum atomic E-state index is 11.6. The van der Waals surface area contributed by atoms with Crippen LogP contribution in [0.3, 0.4) is 0 Å². The predicted octanol–water partition coefficient (Wildman–Crippen LogP) is -6.09. The summed E-state index contributed by atoms with van der Waals surface area (Å²) in [5.74, 6) is -1.83. The van der Waals surface area contributed by atoms with E-state index in [2.05, 4.69) is 35.6 Å². The average Bonchev–Trinajstić information content (AvgIpc) is 1.47. The SMILES string of the molecule is C.[B][C@@H]1OC(COP(=O)(O)O)[C@@H](O)C1C.[B][C@@H]1OC(COP(=O)(O)O)[C@@H](O)C1C.[B][C@@H]1OC(COP(=O)(O)O)[C@@H](O)C1C.[B][C@@H]1OC(COP(=O)(O)O)[C@@H](O)[C@H]1OC.[B][C@@H]1OC(COP(C)(=O)OP(=O)(O)O)[C@@H](O)C1C.[B][C@@H]1OC(COP(O)(=[Se])OP(=O)(O)O)[C@@H](O)C1C.[B][C@@H]1OC(COP([B])(=O)OP(=O)(O)O)[C@@H](O)C1C. The molecule has 16 unspecified atom stereocenters. The molecule has 7 fully saturated rings. The minimum absolute atomic E-state index is 0. The standard InChI is InChI=1S/C7H15BO8P2.C6H12B2O8P2.C6H13BO8P2Se.C6H12BO7P.3C6H12BO6P.CH4/c1-4-6(9)5(15-7(4)8)3-14-17(2,10)16-18(11,12)13;1-3-5(9)4(15-6(3)7)2-14-17(8,10)16-18(11,12)13;1-3-5(8)4(14-6(3)7)2-13-17(12,18)15-16(9,10)11;1-12-5-4(8)3(14-6(5)7)2-13-15(9,10)11;3*1-3-5(8)4(13-6(3)7)2-12-14(9,10)11;/h4-7,9H,3H2,1-2H3,(H2,11,12,13);3-6,9H,2H2,1H3,(H2,11,12,13);3-6,8H,2H2,1H3,(H,12,18)(H2,9,10,11);3-6,8H,2H2,1H3,(H2,9,10,11);3*3-6,8H,2H2,1H3,(H2,9,10,11);1H4/t4?,5?,6-,7+,17?;2*3?,4?,5-,6+,17?;3?,4-,5-,6-;3*3?,4?,5-,6+;/m0001000./s1. The zero-order valence-corrected chi connectivity index (χ0v) is 70.1. The number of hydrogen-bond donors (Lipinski definition) is 22. The fourth-order valence-corrected chi connectivity index (χ4v) is 18.3. The van der Waals surface area contributed by atoms with Gasteiger partial charge in [0, 0.05) is 79.4 Å². The minimum Gasteiger partial charge on any atom is -0.390 e. The zero-order valence-electron chi connectivity index (χ0n) is 59.5. The van der Waals surface area contributed by atoms with E-state index in [9.17, 15) is 81.7 Å². The van der Waals surface area contributed by atoms with Crippen LogP contribution in [0.2, 0.25) is 0 Å². The van der Waals surface area contributed by atoms with Gasteiger partial charge in [0.15, 0.2) is 0 Å². The third-order valence-corrected chi connectivity index (χ3v) is 26.8. The summed E-state index contributed by atoms with van der Waals surface area (Å²) in [5.41, 5.74) is 0. The van der Waals surface area contributed by atoms with E-state index >= 15 is 0 Å². The van der Waals surface area contributed by atoms with Gasteiger partial charge in [0.1, 0.15) is 95.9 Å². The Hall–Kier alpha value is 1.94. The van der Waals surface area contributed by atoms with Crippen LogP contribution in [0.25, 0.3) is 0 Å². The maximum Gasteiger partial charge on any atom is 0.476 e. The van der Waals surface area contributed by atoms with Crippen LogP contribution in [0, 0.1) is 35.5 Å². The van der Waals surface area contributed by atoms with Gasteiger partial charge < -0.3 is 132 Å². The first-order valence-electron chi connectivity index (χ1n) is 31.3. The van der Waals surface area contributed by atoms with E-state index in [-0.39, 0.29) is 76.0 Å². The third-order valence-electron chi connectivity index (χ3n) is 15.9. The van der Waals surface area contributed by atoms with Gasteiger partial charge in [-0.1, -0.05) is 42.0 Å². The molecule has 7 heterocycles. The van der Waals surface area contributed by atoms with Crippen LogP contribution in [0.4, 0.5) is 0 Å². The van der Waals surface area contributed by atoms with Gasteiger partial charge in [-0.05, 0) is 0 Å². The first kappa shape index (κ1) is 114. The summed E-state index contributed by atoms with van der Waals surface area (Å²) in [5, 5.41) is 67.0. The Kier molecular flexibility index (Phi) is 49.3. The second kappa shape index (κ2) is 48.4. The van der Waals surface area contributed by atoms with E-state index < -0.39 is 223 Å². The molecule has 31 atom stereocenters. The largest absolute Gasteiger partial charge is 0.476 e. The average molecular weight is 1880 g/mol. The molecule has 0 aromatic heterocycles. The molecule has 7 saturated heterocycles. The Labute approximate surface area is 661 Å². The van der Waals surface area contributed by atoms with Crippen molar-refractivity contribution in [2.24, 2.45) is 35.5 Å². The Morgan fingerprint density at radius 3 is 0.688 bits per heavy atom. The number of phosphoric acid groups is 7. The van der Waals surface area contributed by atoms with Crippen LogP contribution < -0.4 is 0 Å². The van der Waals surface area contributed by atoms with Crippen molar-refractivity contribution in [3.63, 3.8) is 0 Å². The summed E-state index contributed by atoms with van der Waals surface area (Å²) in [6, 6.07) is -4.78. The van der Waals surface area contributed by atoms with Gasteiger partial charge in [0.2, 0.25) is 7.57 Å². The molecule has 0 aliphatic carbocycles. The molecule has 22 N–H and O–H groups in total. The minimum atomic E-state index is -5.03. The van der Waals surface area contributed by atoms with Crippen molar-refractivity contribution in [3.05, 3.63) is 0 Å². The topological polar surface area (TPSA) is 765 Å². The third kappa shape index (κ3) is 44.5. The molecular weight excluding hydrogens is 1790 g/mol. The van der Waals surface area contributed by atoms with Crippen molar-refractivity contribution >= 4 is 154 Å². The van der Waals surface area contributed by atoms with Gasteiger partial charge in [-0.25, -0.2) is 36.0 Å². The number of rotatable bonds is 28. The van der Waals surface area contributed by atoms with E-state index in [1.807, 2.05) is 15.1 Å². The van der Waals surface area contributed by atoms with Gasteiger partial charge in [0.05, 0.1) is 70.2 Å². The van der Waals surface area contributed by atoms with Crippen molar-refractivity contribution < 1.29 is 233 Å². The normalized spacial score (nSPS) is 37.1. The monoisotopic (exact) mass is 1880 g/mol.